The maximum absolute atomic E-state index is 13.1. The van der Waals surface area contributed by atoms with Gasteiger partial charge in [-0.2, -0.15) is 11.8 Å². The maximum atomic E-state index is 13.1. The first-order valence-electron chi connectivity index (χ1n) is 11.8. The molecule has 7 atom stereocenters. The van der Waals surface area contributed by atoms with Crippen molar-refractivity contribution in [2.24, 2.45) is 23.5 Å². The van der Waals surface area contributed by atoms with Gasteiger partial charge in [0.2, 0.25) is 17.7 Å². The van der Waals surface area contributed by atoms with Crippen LogP contribution in [0.15, 0.2) is 0 Å². The van der Waals surface area contributed by atoms with Crippen LogP contribution in [-0.4, -0.2) is 65.0 Å². The zero-order valence-corrected chi connectivity index (χ0v) is 22.0. The SMILES string of the molecule is CCC(C)C(N)C(=O)NC(CCSC)C(=O)NC(C(=O)NC(C(=O)O)C(C)CC)C(C)CC. The number of hydrogen-bond donors (Lipinski definition) is 5. The highest BCUT2D eigenvalue weighted by Crippen LogP contribution is 2.13. The molecule has 0 aliphatic rings. The van der Waals surface area contributed by atoms with E-state index in [9.17, 15) is 24.3 Å². The number of nitrogens with two attached hydrogens (primary N) is 1. The molecule has 0 saturated heterocycles. The van der Waals surface area contributed by atoms with E-state index in [0.29, 0.717) is 25.0 Å². The van der Waals surface area contributed by atoms with Gasteiger partial charge in [-0.3, -0.25) is 14.4 Å². The second-order valence-corrected chi connectivity index (χ2v) is 9.82. The molecule has 0 aliphatic heterocycles. The van der Waals surface area contributed by atoms with Gasteiger partial charge in [0, 0.05) is 0 Å². The van der Waals surface area contributed by atoms with E-state index in [1.807, 2.05) is 40.9 Å². The van der Waals surface area contributed by atoms with Crippen molar-refractivity contribution in [3.8, 4) is 0 Å². The Morgan fingerprint density at radius 1 is 0.788 bits per heavy atom. The lowest BCUT2D eigenvalue weighted by Gasteiger charge is -2.29. The van der Waals surface area contributed by atoms with Gasteiger partial charge in [-0.1, -0.05) is 60.8 Å². The first-order chi connectivity index (χ1) is 15.4. The van der Waals surface area contributed by atoms with Crippen molar-refractivity contribution < 1.29 is 24.3 Å². The summed E-state index contributed by atoms with van der Waals surface area (Å²) in [7, 11) is 0. The summed E-state index contributed by atoms with van der Waals surface area (Å²) in [6.07, 6.45) is 4.19. The summed E-state index contributed by atoms with van der Waals surface area (Å²) in [5, 5.41) is 17.6. The van der Waals surface area contributed by atoms with Crippen LogP contribution in [0.4, 0.5) is 0 Å². The Balaban J connectivity index is 5.59. The number of aliphatic carboxylic acids is 1. The summed E-state index contributed by atoms with van der Waals surface area (Å²) in [6.45, 7) is 11.1. The number of carbonyl (C=O) groups excluding carboxylic acids is 3. The van der Waals surface area contributed by atoms with E-state index in [4.69, 9.17) is 5.73 Å². The molecule has 0 radical (unpaired) electrons. The van der Waals surface area contributed by atoms with Crippen LogP contribution in [0.25, 0.3) is 0 Å². The number of nitrogens with one attached hydrogen (secondary N) is 3. The minimum atomic E-state index is -1.11. The number of hydrogen-bond acceptors (Lipinski definition) is 6. The molecule has 0 aromatic heterocycles. The third-order valence-corrected chi connectivity index (χ3v) is 7.02. The lowest BCUT2D eigenvalue weighted by molar-refractivity contribution is -0.144. The number of rotatable bonds is 16. The van der Waals surface area contributed by atoms with E-state index in [-0.39, 0.29) is 17.8 Å². The van der Waals surface area contributed by atoms with E-state index in [2.05, 4.69) is 16.0 Å². The molecule has 0 aliphatic carbocycles. The molecule has 0 aromatic carbocycles. The molecule has 0 heterocycles. The molecule has 0 rings (SSSR count). The standard InChI is InChI=1S/C23H44N4O5S/c1-8-13(4)17(24)21(29)25-16(11-12-33-7)20(28)26-18(14(5)9-2)22(30)27-19(23(31)32)15(6)10-3/h13-19H,8-12,24H2,1-7H3,(H,25,29)(H,26,28)(H,27,30)(H,31,32). The highest BCUT2D eigenvalue weighted by atomic mass is 32.2. The van der Waals surface area contributed by atoms with Crippen LogP contribution in [0.1, 0.15) is 67.2 Å². The highest BCUT2D eigenvalue weighted by molar-refractivity contribution is 7.98. The molecule has 0 bridgehead atoms. The number of carboxylic acids is 1. The molecular weight excluding hydrogens is 444 g/mol. The number of amides is 3. The molecule has 0 fully saturated rings. The van der Waals surface area contributed by atoms with Gasteiger partial charge in [-0.25, -0.2) is 4.79 Å². The van der Waals surface area contributed by atoms with Crippen molar-refractivity contribution in [3.63, 3.8) is 0 Å². The third kappa shape index (κ3) is 10.3. The molecule has 192 valence electrons. The van der Waals surface area contributed by atoms with Gasteiger partial charge in [0.25, 0.3) is 0 Å². The van der Waals surface area contributed by atoms with E-state index >= 15 is 0 Å². The summed E-state index contributed by atoms with van der Waals surface area (Å²) < 4.78 is 0. The largest absolute Gasteiger partial charge is 0.480 e. The Hall–Kier alpha value is -1.81. The topological polar surface area (TPSA) is 151 Å². The van der Waals surface area contributed by atoms with E-state index in [0.717, 1.165) is 6.42 Å². The average molecular weight is 489 g/mol. The summed E-state index contributed by atoms with van der Waals surface area (Å²) in [6, 6.07) is -3.55. The summed E-state index contributed by atoms with van der Waals surface area (Å²) in [5.41, 5.74) is 6.02. The average Bonchev–Trinajstić information content (AvgIpc) is 2.80. The quantitative estimate of drug-likeness (QED) is 0.222. The molecule has 0 spiro atoms. The fourth-order valence-electron chi connectivity index (χ4n) is 3.17. The normalized spacial score (nSPS) is 17.6. The van der Waals surface area contributed by atoms with Gasteiger partial charge < -0.3 is 26.8 Å². The molecule has 3 amide bonds. The molecule has 33 heavy (non-hydrogen) atoms. The van der Waals surface area contributed by atoms with Crippen LogP contribution in [0.3, 0.4) is 0 Å². The van der Waals surface area contributed by atoms with Crippen LogP contribution in [0.5, 0.6) is 0 Å². The van der Waals surface area contributed by atoms with Crippen molar-refractivity contribution in [2.45, 2.75) is 91.4 Å². The molecule has 9 nitrogen and oxygen atoms in total. The Bertz CT molecular complexity index is 648. The second-order valence-electron chi connectivity index (χ2n) is 8.84. The fourth-order valence-corrected chi connectivity index (χ4v) is 3.64. The van der Waals surface area contributed by atoms with Gasteiger partial charge in [0.15, 0.2) is 0 Å². The lowest BCUT2D eigenvalue weighted by Crippen LogP contribution is -2.59. The number of thioether (sulfide) groups is 1. The minimum absolute atomic E-state index is 0.0404. The second kappa shape index (κ2) is 15.9. The number of carboxylic acid groups (broad SMARTS) is 1. The van der Waals surface area contributed by atoms with Gasteiger partial charge in [0.1, 0.15) is 18.1 Å². The number of carbonyl (C=O) groups is 4. The van der Waals surface area contributed by atoms with Crippen LogP contribution >= 0.6 is 11.8 Å². The van der Waals surface area contributed by atoms with Crippen LogP contribution in [-0.2, 0) is 19.2 Å². The van der Waals surface area contributed by atoms with E-state index in [1.54, 1.807) is 6.92 Å². The minimum Gasteiger partial charge on any atom is -0.480 e. The monoisotopic (exact) mass is 488 g/mol. The van der Waals surface area contributed by atoms with Gasteiger partial charge in [0.05, 0.1) is 6.04 Å². The Morgan fingerprint density at radius 3 is 1.73 bits per heavy atom. The first kappa shape index (κ1) is 31.2. The smallest absolute Gasteiger partial charge is 0.326 e. The zero-order chi connectivity index (χ0) is 25.7. The van der Waals surface area contributed by atoms with E-state index < -0.39 is 47.9 Å². The van der Waals surface area contributed by atoms with Gasteiger partial charge in [-0.15, -0.1) is 0 Å². The van der Waals surface area contributed by atoms with Crippen molar-refractivity contribution in [1.82, 2.24) is 16.0 Å². The molecule has 10 heteroatoms. The van der Waals surface area contributed by atoms with Crippen LogP contribution in [0.2, 0.25) is 0 Å². The van der Waals surface area contributed by atoms with Crippen LogP contribution in [0, 0.1) is 17.8 Å². The van der Waals surface area contributed by atoms with Crippen molar-refractivity contribution in [2.75, 3.05) is 12.0 Å². The van der Waals surface area contributed by atoms with Crippen molar-refractivity contribution in [3.05, 3.63) is 0 Å². The van der Waals surface area contributed by atoms with Gasteiger partial charge >= 0.3 is 5.97 Å². The molecular formula is C23H44N4O5S. The predicted molar refractivity (Wildman–Crippen MR) is 133 cm³/mol. The molecule has 0 aromatic rings. The third-order valence-electron chi connectivity index (χ3n) is 6.37. The zero-order valence-electron chi connectivity index (χ0n) is 21.1. The lowest BCUT2D eigenvalue weighted by atomic mass is 9.95. The predicted octanol–water partition coefficient (Wildman–Crippen LogP) is 1.74. The molecule has 0 saturated carbocycles. The van der Waals surface area contributed by atoms with Gasteiger partial charge in [-0.05, 0) is 36.2 Å². The maximum Gasteiger partial charge on any atom is 0.326 e. The van der Waals surface area contributed by atoms with Crippen LogP contribution < -0.4 is 21.7 Å². The molecule has 7 unspecified atom stereocenters. The highest BCUT2D eigenvalue weighted by Gasteiger charge is 2.34. The Labute approximate surface area is 202 Å². The Kier molecular flexibility index (Phi) is 15.1. The molecule has 6 N–H and O–H groups in total. The summed E-state index contributed by atoms with van der Waals surface area (Å²) in [5.74, 6) is -2.46. The summed E-state index contributed by atoms with van der Waals surface area (Å²) in [4.78, 5) is 50.4. The van der Waals surface area contributed by atoms with Crippen molar-refractivity contribution >= 4 is 35.5 Å². The van der Waals surface area contributed by atoms with E-state index in [1.165, 1.54) is 11.8 Å². The summed E-state index contributed by atoms with van der Waals surface area (Å²) >= 11 is 1.54. The fraction of sp³-hybridized carbons (Fsp3) is 0.826. The first-order valence-corrected chi connectivity index (χ1v) is 13.2. The Morgan fingerprint density at radius 2 is 1.27 bits per heavy atom. The van der Waals surface area contributed by atoms with Crippen molar-refractivity contribution in [1.29, 1.82) is 0 Å².